The topological polar surface area (TPSA) is 152 Å². The third-order valence-electron chi connectivity index (χ3n) is 3.96. The number of rotatable bonds is 10. The fourth-order valence-electron chi connectivity index (χ4n) is 2.82. The first-order valence-corrected chi connectivity index (χ1v) is 11.6. The van der Waals surface area contributed by atoms with Crippen LogP contribution in [0.2, 0.25) is 0 Å². The monoisotopic (exact) mass is 461 g/mol. The zero-order chi connectivity index (χ0) is 23.4. The molecule has 2 aromatic rings. The van der Waals surface area contributed by atoms with Gasteiger partial charge in [-0.05, 0) is 41.0 Å². The number of hydrogen-bond donors (Lipinski definition) is 2. The number of nitrogens with two attached hydrogens (primary N) is 1. The van der Waals surface area contributed by atoms with E-state index in [0.29, 0.717) is 0 Å². The molecule has 31 heavy (non-hydrogen) atoms. The van der Waals surface area contributed by atoms with Gasteiger partial charge in [0, 0.05) is 0 Å². The lowest BCUT2D eigenvalue weighted by Crippen LogP contribution is -2.28. The van der Waals surface area contributed by atoms with E-state index in [9.17, 15) is 18.9 Å². The highest BCUT2D eigenvalue weighted by atomic mass is 31.2. The van der Waals surface area contributed by atoms with Crippen LogP contribution in [0.25, 0.3) is 11.2 Å². The average Bonchev–Trinajstić information content (AvgIpc) is 2.98. The predicted octanol–water partition coefficient (Wildman–Crippen LogP) is 2.52. The number of aliphatic hydroxyl groups is 1. The van der Waals surface area contributed by atoms with Gasteiger partial charge in [0.2, 0.25) is 5.82 Å². The molecule has 0 saturated carbocycles. The van der Waals surface area contributed by atoms with Gasteiger partial charge < -0.3 is 29.2 Å². The molecule has 0 aliphatic carbocycles. The summed E-state index contributed by atoms with van der Waals surface area (Å²) in [5.74, 6) is -1.27. The van der Waals surface area contributed by atoms with E-state index >= 15 is 0 Å². The van der Waals surface area contributed by atoms with Gasteiger partial charge in [-0.2, -0.15) is 14.4 Å². The number of anilines is 1. The molecule has 1 unspecified atom stereocenters. The van der Waals surface area contributed by atoms with Crippen molar-refractivity contribution in [2.75, 3.05) is 25.1 Å². The summed E-state index contributed by atoms with van der Waals surface area (Å²) in [6, 6.07) is 0. The van der Waals surface area contributed by atoms with E-state index in [-0.39, 0.29) is 55.1 Å². The number of nitrogens with zero attached hydrogens (tertiary/aromatic N) is 4. The predicted molar refractivity (Wildman–Crippen MR) is 111 cm³/mol. The molecule has 0 fully saturated rings. The number of aliphatic hydroxyl groups excluding tert-OH is 1. The number of nitrogen functional groups attached to an aromatic ring is 1. The zero-order valence-electron chi connectivity index (χ0n) is 18.3. The third-order valence-corrected chi connectivity index (χ3v) is 6.07. The van der Waals surface area contributed by atoms with Gasteiger partial charge in [0.25, 0.3) is 0 Å². The Labute approximate surface area is 179 Å². The summed E-state index contributed by atoms with van der Waals surface area (Å²) in [4.78, 5) is 23.9. The molecule has 0 radical (unpaired) electrons. The Morgan fingerprint density at radius 3 is 2.39 bits per heavy atom. The quantitative estimate of drug-likeness (QED) is 0.307. The van der Waals surface area contributed by atoms with Crippen LogP contribution in [-0.4, -0.2) is 61.7 Å². The normalized spacial score (nSPS) is 13.5. The maximum absolute atomic E-state index is 13.8. The fraction of sp³-hybridized carbons (Fsp3) is 0.667. The molecule has 0 aliphatic rings. The Morgan fingerprint density at radius 2 is 1.84 bits per heavy atom. The number of aromatic nitrogens is 4. The van der Waals surface area contributed by atoms with Crippen molar-refractivity contribution in [1.82, 2.24) is 19.5 Å². The van der Waals surface area contributed by atoms with Crippen LogP contribution >= 0.6 is 7.60 Å². The molecular weight excluding hydrogens is 432 g/mol. The van der Waals surface area contributed by atoms with Gasteiger partial charge in [-0.1, -0.05) is 0 Å². The summed E-state index contributed by atoms with van der Waals surface area (Å²) >= 11 is 0. The minimum atomic E-state index is -3.37. The smallest absolute Gasteiger partial charge is 0.375 e. The zero-order valence-corrected chi connectivity index (χ0v) is 19.2. The molecule has 0 spiro atoms. The molecule has 11 nitrogen and oxygen atoms in total. The van der Waals surface area contributed by atoms with Gasteiger partial charge in [-0.25, -0.2) is 9.78 Å². The minimum Gasteiger partial charge on any atom is -0.454 e. The summed E-state index contributed by atoms with van der Waals surface area (Å²) in [6.07, 6.45) is -2.23. The van der Waals surface area contributed by atoms with Gasteiger partial charge in [-0.3, -0.25) is 4.57 Å². The Bertz CT molecular complexity index is 966. The number of carbonyl (C=O) groups is 1. The SMILES string of the molecule is CCOP(=O)(CCC(O)Cn1c(C(=O)OC(C)(C)C)nc2c(N)nc(F)nc21)OCC. The lowest BCUT2D eigenvalue weighted by atomic mass is 10.2. The molecule has 1 atom stereocenters. The fourth-order valence-corrected chi connectivity index (χ4v) is 4.55. The van der Waals surface area contributed by atoms with Crippen LogP contribution in [0, 0.1) is 6.08 Å². The number of fused-ring (bicyclic) bond motifs is 1. The maximum Gasteiger partial charge on any atom is 0.375 e. The minimum absolute atomic E-state index is 0.00348. The number of esters is 1. The van der Waals surface area contributed by atoms with Crippen molar-refractivity contribution in [2.24, 2.45) is 0 Å². The molecule has 13 heteroatoms. The number of halogens is 1. The van der Waals surface area contributed by atoms with Gasteiger partial charge in [-0.15, -0.1) is 0 Å². The molecule has 0 bridgehead atoms. The van der Waals surface area contributed by atoms with E-state index in [1.54, 1.807) is 34.6 Å². The first kappa shape index (κ1) is 25.1. The van der Waals surface area contributed by atoms with Crippen LogP contribution in [0.3, 0.4) is 0 Å². The van der Waals surface area contributed by atoms with Crippen LogP contribution in [0.15, 0.2) is 0 Å². The van der Waals surface area contributed by atoms with Crippen LogP contribution in [0.1, 0.15) is 51.7 Å². The first-order valence-electron chi connectivity index (χ1n) is 9.88. The molecular formula is C18H29FN5O6P. The summed E-state index contributed by atoms with van der Waals surface area (Å²) in [7, 11) is -3.37. The van der Waals surface area contributed by atoms with Crippen molar-refractivity contribution >= 4 is 30.5 Å². The number of carbonyl (C=O) groups excluding carboxylic acids is 1. The Kier molecular flexibility index (Phi) is 8.09. The van der Waals surface area contributed by atoms with E-state index in [4.69, 9.17) is 19.5 Å². The van der Waals surface area contributed by atoms with Crippen molar-refractivity contribution < 1.29 is 32.6 Å². The van der Waals surface area contributed by atoms with Gasteiger partial charge in [0.15, 0.2) is 17.0 Å². The highest BCUT2D eigenvalue weighted by molar-refractivity contribution is 7.53. The van der Waals surface area contributed by atoms with E-state index in [2.05, 4.69) is 15.0 Å². The van der Waals surface area contributed by atoms with Crippen molar-refractivity contribution in [2.45, 2.75) is 59.3 Å². The summed E-state index contributed by atoms with van der Waals surface area (Å²) in [5, 5.41) is 10.6. The first-order chi connectivity index (χ1) is 14.4. The lowest BCUT2D eigenvalue weighted by Gasteiger charge is -2.21. The van der Waals surface area contributed by atoms with E-state index < -0.39 is 31.3 Å². The number of imidazole rings is 1. The van der Waals surface area contributed by atoms with Crippen molar-refractivity contribution in [1.29, 1.82) is 0 Å². The molecule has 0 aromatic carbocycles. The van der Waals surface area contributed by atoms with E-state index in [1.807, 2.05) is 0 Å². The Morgan fingerprint density at radius 1 is 1.23 bits per heavy atom. The second-order valence-electron chi connectivity index (χ2n) is 7.71. The van der Waals surface area contributed by atoms with Crippen LogP contribution in [0.5, 0.6) is 0 Å². The van der Waals surface area contributed by atoms with Crippen LogP contribution in [0.4, 0.5) is 10.2 Å². The molecule has 2 heterocycles. The molecule has 0 saturated heterocycles. The summed E-state index contributed by atoms with van der Waals surface area (Å²) in [5.41, 5.74) is 4.85. The van der Waals surface area contributed by atoms with Gasteiger partial charge in [0.05, 0.1) is 32.0 Å². The highest BCUT2D eigenvalue weighted by Crippen LogP contribution is 2.48. The second kappa shape index (κ2) is 9.99. The molecule has 3 N–H and O–H groups in total. The van der Waals surface area contributed by atoms with Crippen LogP contribution in [-0.2, 0) is 24.9 Å². The number of ether oxygens (including phenoxy) is 1. The van der Waals surface area contributed by atoms with E-state index in [1.165, 1.54) is 4.57 Å². The molecule has 2 rings (SSSR count). The number of hydrogen-bond acceptors (Lipinski definition) is 10. The molecule has 174 valence electrons. The molecule has 0 amide bonds. The summed E-state index contributed by atoms with van der Waals surface area (Å²) < 4.78 is 43.4. The Hall–Kier alpha value is -2.14. The lowest BCUT2D eigenvalue weighted by molar-refractivity contribution is 0.00481. The molecule has 0 aliphatic heterocycles. The maximum atomic E-state index is 13.8. The molecule has 2 aromatic heterocycles. The Balaban J connectivity index is 2.35. The summed E-state index contributed by atoms with van der Waals surface area (Å²) in [6.45, 7) is 8.59. The van der Waals surface area contributed by atoms with Crippen molar-refractivity contribution in [3.05, 3.63) is 11.9 Å². The standard InChI is InChI=1S/C18H29FN5O6P/c1-6-28-31(27,29-7-2)9-8-11(25)10-24-14-12(13(20)22-17(19)23-14)21-15(24)16(26)30-18(3,4)5/h11,25H,6-10H2,1-5H3,(H2,20,22,23). The average molecular weight is 461 g/mol. The second-order valence-corrected chi connectivity index (χ2v) is 9.90. The third kappa shape index (κ3) is 6.67. The van der Waals surface area contributed by atoms with Gasteiger partial charge >= 0.3 is 19.6 Å². The van der Waals surface area contributed by atoms with Gasteiger partial charge in [0.1, 0.15) is 5.60 Å². The van der Waals surface area contributed by atoms with Crippen molar-refractivity contribution in [3.8, 4) is 0 Å². The highest BCUT2D eigenvalue weighted by Gasteiger charge is 2.29. The van der Waals surface area contributed by atoms with E-state index in [0.717, 1.165) is 0 Å². The van der Waals surface area contributed by atoms with Crippen LogP contribution < -0.4 is 5.73 Å². The largest absolute Gasteiger partial charge is 0.454 e. The van der Waals surface area contributed by atoms with Crippen molar-refractivity contribution in [3.63, 3.8) is 0 Å².